The summed E-state index contributed by atoms with van der Waals surface area (Å²) in [6.07, 6.45) is 2.78. The molecule has 1 aromatic carbocycles. The fourth-order valence-corrected chi connectivity index (χ4v) is 2.47. The lowest BCUT2D eigenvalue weighted by Gasteiger charge is -2.27. The van der Waals surface area contributed by atoms with Crippen molar-refractivity contribution in [3.8, 4) is 0 Å². The number of hydrogen-bond acceptors (Lipinski definition) is 3. The molecule has 1 aromatic rings. The predicted octanol–water partition coefficient (Wildman–Crippen LogP) is 2.58. The van der Waals surface area contributed by atoms with E-state index in [2.05, 4.69) is 24.8 Å². The Morgan fingerprint density at radius 1 is 1.47 bits per heavy atom. The van der Waals surface area contributed by atoms with Crippen LogP contribution in [0.2, 0.25) is 0 Å². The van der Waals surface area contributed by atoms with Gasteiger partial charge in [-0.2, -0.15) is 0 Å². The first-order chi connectivity index (χ1) is 8.20. The van der Waals surface area contributed by atoms with Gasteiger partial charge in [-0.05, 0) is 50.5 Å². The minimum Gasteiger partial charge on any atom is -0.399 e. The Bertz CT molecular complexity index is 372. The van der Waals surface area contributed by atoms with Crippen molar-refractivity contribution < 1.29 is 4.74 Å². The van der Waals surface area contributed by atoms with Gasteiger partial charge in [-0.25, -0.2) is 0 Å². The highest BCUT2D eigenvalue weighted by atomic mass is 16.5. The number of aryl methyl sites for hydroxylation is 1. The number of nitrogens with two attached hydrogens (primary N) is 1. The number of anilines is 2. The fraction of sp³-hybridized carbons (Fsp3) is 0.571. The van der Waals surface area contributed by atoms with E-state index in [0.717, 1.165) is 25.4 Å². The summed E-state index contributed by atoms with van der Waals surface area (Å²) in [5.41, 5.74) is 9.14. The lowest BCUT2D eigenvalue weighted by Crippen LogP contribution is -2.32. The van der Waals surface area contributed by atoms with Crippen molar-refractivity contribution in [2.24, 2.45) is 0 Å². The summed E-state index contributed by atoms with van der Waals surface area (Å²) in [6, 6.07) is 6.12. The van der Waals surface area contributed by atoms with E-state index in [1.54, 1.807) is 0 Å². The van der Waals surface area contributed by atoms with Crippen LogP contribution in [0.25, 0.3) is 0 Å². The van der Waals surface area contributed by atoms with E-state index in [9.17, 15) is 0 Å². The monoisotopic (exact) mass is 234 g/mol. The van der Waals surface area contributed by atoms with Gasteiger partial charge >= 0.3 is 0 Å². The molecule has 94 valence electrons. The van der Waals surface area contributed by atoms with Crippen molar-refractivity contribution in [3.63, 3.8) is 0 Å². The number of ether oxygens (including phenoxy) is 1. The molecule has 1 saturated heterocycles. The maximum absolute atomic E-state index is 5.79. The van der Waals surface area contributed by atoms with Crippen LogP contribution in [0.3, 0.4) is 0 Å². The largest absolute Gasteiger partial charge is 0.399 e. The lowest BCUT2D eigenvalue weighted by atomic mass is 10.1. The highest BCUT2D eigenvalue weighted by Crippen LogP contribution is 2.24. The molecule has 1 heterocycles. The van der Waals surface area contributed by atoms with Gasteiger partial charge in [0.2, 0.25) is 0 Å². The lowest BCUT2D eigenvalue weighted by molar-refractivity contribution is 0.115. The van der Waals surface area contributed by atoms with E-state index >= 15 is 0 Å². The van der Waals surface area contributed by atoms with Gasteiger partial charge in [-0.3, -0.25) is 0 Å². The van der Waals surface area contributed by atoms with Crippen molar-refractivity contribution in [1.82, 2.24) is 0 Å². The number of rotatable bonds is 4. The number of likely N-dealkylation sites (N-methyl/N-ethyl adjacent to an activating group) is 1. The summed E-state index contributed by atoms with van der Waals surface area (Å²) in [6.45, 7) is 7.21. The number of nitrogens with zero attached hydrogens (tertiary/aromatic N) is 1. The zero-order valence-corrected chi connectivity index (χ0v) is 10.8. The zero-order valence-electron chi connectivity index (χ0n) is 10.8. The molecule has 0 spiro atoms. The summed E-state index contributed by atoms with van der Waals surface area (Å²) in [7, 11) is 0. The first-order valence-electron chi connectivity index (χ1n) is 6.43. The Balaban J connectivity index is 2.10. The van der Waals surface area contributed by atoms with Crippen molar-refractivity contribution in [2.45, 2.75) is 32.8 Å². The van der Waals surface area contributed by atoms with Gasteiger partial charge in [0.1, 0.15) is 0 Å². The summed E-state index contributed by atoms with van der Waals surface area (Å²) in [4.78, 5) is 2.38. The standard InChI is InChI=1S/C14H22N2O/c1-3-16(10-13-5-4-8-17-13)14-7-6-12(15)9-11(14)2/h6-7,9,13H,3-5,8,10,15H2,1-2H3. The van der Waals surface area contributed by atoms with Crippen molar-refractivity contribution in [1.29, 1.82) is 0 Å². The average molecular weight is 234 g/mol. The fourth-order valence-electron chi connectivity index (χ4n) is 2.47. The smallest absolute Gasteiger partial charge is 0.0750 e. The Morgan fingerprint density at radius 2 is 2.29 bits per heavy atom. The van der Waals surface area contributed by atoms with E-state index < -0.39 is 0 Å². The molecule has 0 bridgehead atoms. The van der Waals surface area contributed by atoms with E-state index in [4.69, 9.17) is 10.5 Å². The van der Waals surface area contributed by atoms with Crippen molar-refractivity contribution >= 4 is 11.4 Å². The summed E-state index contributed by atoms with van der Waals surface area (Å²) < 4.78 is 5.70. The van der Waals surface area contributed by atoms with Gasteiger partial charge in [0, 0.05) is 31.1 Å². The van der Waals surface area contributed by atoms with Gasteiger partial charge in [0.25, 0.3) is 0 Å². The van der Waals surface area contributed by atoms with E-state index in [1.165, 1.54) is 24.1 Å². The Labute approximate surface area is 104 Å². The molecule has 17 heavy (non-hydrogen) atoms. The number of benzene rings is 1. The second kappa shape index (κ2) is 5.41. The first-order valence-corrected chi connectivity index (χ1v) is 6.43. The minimum absolute atomic E-state index is 0.395. The van der Waals surface area contributed by atoms with Crippen LogP contribution < -0.4 is 10.6 Å². The third-order valence-electron chi connectivity index (χ3n) is 3.39. The molecular formula is C14H22N2O. The molecule has 3 heteroatoms. The maximum atomic E-state index is 5.79. The van der Waals surface area contributed by atoms with Gasteiger partial charge < -0.3 is 15.4 Å². The molecule has 0 aliphatic carbocycles. The molecule has 0 radical (unpaired) electrons. The molecule has 0 saturated carbocycles. The van der Waals surface area contributed by atoms with Crippen LogP contribution in [0, 0.1) is 6.92 Å². The highest BCUT2D eigenvalue weighted by molar-refractivity contribution is 5.59. The van der Waals surface area contributed by atoms with Crippen LogP contribution >= 0.6 is 0 Å². The second-order valence-electron chi connectivity index (χ2n) is 4.72. The molecule has 2 rings (SSSR count). The van der Waals surface area contributed by atoms with Crippen LogP contribution in [-0.2, 0) is 4.74 Å². The Morgan fingerprint density at radius 3 is 2.88 bits per heavy atom. The van der Waals surface area contributed by atoms with Gasteiger partial charge in [0.15, 0.2) is 0 Å². The van der Waals surface area contributed by atoms with Crippen LogP contribution in [0.15, 0.2) is 18.2 Å². The summed E-state index contributed by atoms with van der Waals surface area (Å²) in [5.74, 6) is 0. The normalized spacial score (nSPS) is 19.5. The van der Waals surface area contributed by atoms with Gasteiger partial charge in [-0.15, -0.1) is 0 Å². The average Bonchev–Trinajstić information content (AvgIpc) is 2.79. The maximum Gasteiger partial charge on any atom is 0.0750 e. The summed E-state index contributed by atoms with van der Waals surface area (Å²) >= 11 is 0. The van der Waals surface area contributed by atoms with Gasteiger partial charge in [-0.1, -0.05) is 0 Å². The zero-order chi connectivity index (χ0) is 12.3. The molecule has 1 fully saturated rings. The first kappa shape index (κ1) is 12.2. The SMILES string of the molecule is CCN(CC1CCCO1)c1ccc(N)cc1C. The third-order valence-corrected chi connectivity index (χ3v) is 3.39. The van der Waals surface area contributed by atoms with Crippen LogP contribution in [0.5, 0.6) is 0 Å². The van der Waals surface area contributed by atoms with Crippen LogP contribution in [-0.4, -0.2) is 25.8 Å². The molecule has 1 aliphatic rings. The Kier molecular flexibility index (Phi) is 3.89. The van der Waals surface area contributed by atoms with E-state index in [1.807, 2.05) is 12.1 Å². The number of nitrogen functional groups attached to an aromatic ring is 1. The third kappa shape index (κ3) is 2.91. The molecule has 1 unspecified atom stereocenters. The van der Waals surface area contributed by atoms with E-state index in [0.29, 0.717) is 6.10 Å². The Hall–Kier alpha value is -1.22. The molecule has 0 amide bonds. The highest BCUT2D eigenvalue weighted by Gasteiger charge is 2.19. The van der Waals surface area contributed by atoms with Crippen molar-refractivity contribution in [3.05, 3.63) is 23.8 Å². The van der Waals surface area contributed by atoms with Crippen LogP contribution in [0.4, 0.5) is 11.4 Å². The van der Waals surface area contributed by atoms with Gasteiger partial charge in [0.05, 0.1) is 6.10 Å². The quantitative estimate of drug-likeness (QED) is 0.814. The predicted molar refractivity (Wildman–Crippen MR) is 72.5 cm³/mol. The minimum atomic E-state index is 0.395. The van der Waals surface area contributed by atoms with E-state index in [-0.39, 0.29) is 0 Å². The topological polar surface area (TPSA) is 38.5 Å². The molecule has 0 aromatic heterocycles. The summed E-state index contributed by atoms with van der Waals surface area (Å²) in [5, 5.41) is 0. The number of hydrogen-bond donors (Lipinski definition) is 1. The van der Waals surface area contributed by atoms with Crippen LogP contribution in [0.1, 0.15) is 25.3 Å². The molecular weight excluding hydrogens is 212 g/mol. The second-order valence-corrected chi connectivity index (χ2v) is 4.72. The molecule has 1 atom stereocenters. The van der Waals surface area contributed by atoms with Crippen molar-refractivity contribution in [2.75, 3.05) is 30.3 Å². The molecule has 3 nitrogen and oxygen atoms in total. The molecule has 2 N–H and O–H groups in total. The molecule has 1 aliphatic heterocycles.